The maximum Gasteiger partial charge on any atom is 0.316 e. The molecular formula is C19H19FN4O2. The van der Waals surface area contributed by atoms with E-state index in [-0.39, 0.29) is 18.1 Å². The number of fused-ring (bicyclic) bond motifs is 1. The zero-order chi connectivity index (χ0) is 18.7. The first-order chi connectivity index (χ1) is 12.4. The number of amides is 3. The van der Waals surface area contributed by atoms with Gasteiger partial charge in [0.1, 0.15) is 5.82 Å². The number of aromatic amines is 1. The van der Waals surface area contributed by atoms with Gasteiger partial charge in [0, 0.05) is 28.8 Å². The highest BCUT2D eigenvalue weighted by atomic mass is 19.1. The molecule has 7 heteroatoms. The molecule has 0 radical (unpaired) electrons. The Bertz CT molecular complexity index is 964. The van der Waals surface area contributed by atoms with Crippen LogP contribution in [0.3, 0.4) is 0 Å². The highest BCUT2D eigenvalue weighted by Crippen LogP contribution is 2.23. The summed E-state index contributed by atoms with van der Waals surface area (Å²) in [6, 6.07) is 10.9. The van der Waals surface area contributed by atoms with Gasteiger partial charge in [-0.25, -0.2) is 9.18 Å². The Kier molecular flexibility index (Phi) is 4.88. The lowest BCUT2D eigenvalue weighted by Crippen LogP contribution is -2.24. The summed E-state index contributed by atoms with van der Waals surface area (Å²) < 4.78 is 13.5. The second-order valence-electron chi connectivity index (χ2n) is 6.06. The van der Waals surface area contributed by atoms with E-state index in [1.54, 1.807) is 30.3 Å². The molecular weight excluding hydrogens is 335 g/mol. The lowest BCUT2D eigenvalue weighted by molar-refractivity contribution is -0.120. The molecule has 26 heavy (non-hydrogen) atoms. The second-order valence-corrected chi connectivity index (χ2v) is 6.06. The van der Waals surface area contributed by atoms with Crippen LogP contribution in [-0.4, -0.2) is 16.9 Å². The van der Waals surface area contributed by atoms with Crippen molar-refractivity contribution >= 4 is 28.5 Å². The maximum absolute atomic E-state index is 13.5. The van der Waals surface area contributed by atoms with Crippen LogP contribution in [0.4, 0.5) is 14.9 Å². The van der Waals surface area contributed by atoms with E-state index in [1.165, 1.54) is 12.1 Å². The number of carbonyl (C=O) groups is 2. The minimum atomic E-state index is -0.628. The number of carbonyl (C=O) groups excluding carboxylic acids is 2. The van der Waals surface area contributed by atoms with Gasteiger partial charge in [-0.1, -0.05) is 12.1 Å². The highest BCUT2D eigenvalue weighted by Gasteiger charge is 2.13. The van der Waals surface area contributed by atoms with Gasteiger partial charge in [0.2, 0.25) is 5.91 Å². The van der Waals surface area contributed by atoms with Gasteiger partial charge >= 0.3 is 6.03 Å². The normalized spacial score (nSPS) is 10.7. The zero-order valence-electron chi connectivity index (χ0n) is 14.2. The van der Waals surface area contributed by atoms with E-state index in [2.05, 4.69) is 15.6 Å². The largest absolute Gasteiger partial charge is 0.358 e. The summed E-state index contributed by atoms with van der Waals surface area (Å²) in [5.41, 5.74) is 8.97. The van der Waals surface area contributed by atoms with E-state index in [1.807, 2.05) is 6.92 Å². The molecule has 0 fully saturated rings. The fourth-order valence-electron chi connectivity index (χ4n) is 2.85. The van der Waals surface area contributed by atoms with Gasteiger partial charge in [0.05, 0.1) is 6.42 Å². The molecule has 0 saturated heterocycles. The molecule has 1 aromatic heterocycles. The Hall–Kier alpha value is -3.35. The number of aryl methyl sites for hydroxylation is 1. The third-order valence-corrected chi connectivity index (χ3v) is 4.13. The number of anilines is 1. The van der Waals surface area contributed by atoms with Crippen molar-refractivity contribution in [3.63, 3.8) is 0 Å². The van der Waals surface area contributed by atoms with Crippen LogP contribution in [0.5, 0.6) is 0 Å². The van der Waals surface area contributed by atoms with E-state index in [4.69, 9.17) is 5.73 Å². The van der Waals surface area contributed by atoms with Crippen LogP contribution >= 0.6 is 0 Å². The zero-order valence-corrected chi connectivity index (χ0v) is 14.2. The van der Waals surface area contributed by atoms with Crippen molar-refractivity contribution < 1.29 is 14.0 Å². The van der Waals surface area contributed by atoms with E-state index in [9.17, 15) is 14.0 Å². The van der Waals surface area contributed by atoms with Crippen molar-refractivity contribution in [2.45, 2.75) is 19.9 Å². The molecule has 134 valence electrons. The molecule has 0 atom stereocenters. The number of urea groups is 1. The molecule has 3 rings (SSSR count). The number of aromatic nitrogens is 1. The van der Waals surface area contributed by atoms with Gasteiger partial charge in [-0.15, -0.1) is 0 Å². The lowest BCUT2D eigenvalue weighted by atomic mass is 10.1. The monoisotopic (exact) mass is 354 g/mol. The molecule has 0 saturated carbocycles. The topological polar surface area (TPSA) is 100 Å². The van der Waals surface area contributed by atoms with Crippen LogP contribution < -0.4 is 16.4 Å². The summed E-state index contributed by atoms with van der Waals surface area (Å²) in [4.78, 5) is 26.2. The molecule has 0 aliphatic rings. The van der Waals surface area contributed by atoms with E-state index in [0.717, 1.165) is 27.7 Å². The molecule has 2 aromatic carbocycles. The molecule has 3 amide bonds. The number of halogens is 1. The van der Waals surface area contributed by atoms with Crippen molar-refractivity contribution in [1.29, 1.82) is 0 Å². The Labute approximate surface area is 149 Å². The van der Waals surface area contributed by atoms with E-state index >= 15 is 0 Å². The second kappa shape index (κ2) is 7.26. The third-order valence-electron chi connectivity index (χ3n) is 4.13. The minimum Gasteiger partial charge on any atom is -0.358 e. The predicted molar refractivity (Wildman–Crippen MR) is 98.2 cm³/mol. The van der Waals surface area contributed by atoms with Gasteiger partial charge in [-0.3, -0.25) is 4.79 Å². The van der Waals surface area contributed by atoms with Crippen molar-refractivity contribution in [3.8, 4) is 0 Å². The molecule has 5 N–H and O–H groups in total. The number of H-pyrrole nitrogens is 1. The van der Waals surface area contributed by atoms with Crippen LogP contribution in [0.15, 0.2) is 42.5 Å². The number of benzene rings is 2. The molecule has 0 unspecified atom stereocenters. The van der Waals surface area contributed by atoms with Crippen LogP contribution in [0.1, 0.15) is 16.8 Å². The van der Waals surface area contributed by atoms with E-state index < -0.39 is 6.03 Å². The Morgan fingerprint density at radius 1 is 1.15 bits per heavy atom. The fraction of sp³-hybridized carbons (Fsp3) is 0.158. The Morgan fingerprint density at radius 3 is 2.58 bits per heavy atom. The summed E-state index contributed by atoms with van der Waals surface area (Å²) in [6.45, 7) is 2.22. The summed E-state index contributed by atoms with van der Waals surface area (Å²) in [6.07, 6.45) is 0.163. The molecule has 0 bridgehead atoms. The van der Waals surface area contributed by atoms with Crippen molar-refractivity contribution in [2.75, 3.05) is 5.32 Å². The molecule has 0 aliphatic carbocycles. The summed E-state index contributed by atoms with van der Waals surface area (Å²) in [7, 11) is 0. The number of hydrogen-bond donors (Lipinski definition) is 4. The number of hydrogen-bond acceptors (Lipinski definition) is 2. The van der Waals surface area contributed by atoms with Crippen molar-refractivity contribution in [3.05, 3.63) is 65.1 Å². The smallest absolute Gasteiger partial charge is 0.316 e. The highest BCUT2D eigenvalue weighted by molar-refractivity contribution is 5.90. The molecule has 3 aromatic rings. The predicted octanol–water partition coefficient (Wildman–Crippen LogP) is 2.96. The summed E-state index contributed by atoms with van der Waals surface area (Å²) in [5.74, 6) is -0.486. The average molecular weight is 354 g/mol. The molecule has 0 aliphatic heterocycles. The Balaban J connectivity index is 1.63. The Morgan fingerprint density at radius 2 is 1.88 bits per heavy atom. The minimum absolute atomic E-state index is 0.155. The number of nitrogens with two attached hydrogens (primary N) is 1. The number of primary amides is 1. The molecule has 1 heterocycles. The van der Waals surface area contributed by atoms with Gasteiger partial charge < -0.3 is 21.4 Å². The third kappa shape index (κ3) is 4.00. The number of nitrogens with one attached hydrogen (secondary N) is 3. The quantitative estimate of drug-likeness (QED) is 0.566. The standard InChI is InChI=1S/C19H19FN4O2/c1-11-15(16-8-13(20)4-7-17(16)23-11)9-18(25)22-10-12-2-5-14(6-3-12)24-19(21)26/h2-8,23H,9-10H2,1H3,(H,22,25)(H3,21,24,26). The molecule has 0 spiro atoms. The van der Waals surface area contributed by atoms with Crippen molar-refractivity contribution in [1.82, 2.24) is 10.3 Å². The average Bonchev–Trinajstić information content (AvgIpc) is 2.89. The van der Waals surface area contributed by atoms with Crippen molar-refractivity contribution in [2.24, 2.45) is 5.73 Å². The SMILES string of the molecule is Cc1[nH]c2ccc(F)cc2c1CC(=O)NCc1ccc(NC(N)=O)cc1. The fourth-order valence-corrected chi connectivity index (χ4v) is 2.85. The first-order valence-corrected chi connectivity index (χ1v) is 8.11. The van der Waals surface area contributed by atoms with Gasteiger partial charge in [-0.05, 0) is 48.4 Å². The van der Waals surface area contributed by atoms with Gasteiger partial charge in [0.25, 0.3) is 0 Å². The van der Waals surface area contributed by atoms with Gasteiger partial charge in [-0.2, -0.15) is 0 Å². The first-order valence-electron chi connectivity index (χ1n) is 8.11. The van der Waals surface area contributed by atoms with Gasteiger partial charge in [0.15, 0.2) is 0 Å². The van der Waals surface area contributed by atoms with Crippen LogP contribution in [0, 0.1) is 12.7 Å². The van der Waals surface area contributed by atoms with Crippen LogP contribution in [0.2, 0.25) is 0 Å². The van der Waals surface area contributed by atoms with Crippen LogP contribution in [-0.2, 0) is 17.8 Å². The summed E-state index contributed by atoms with van der Waals surface area (Å²) in [5, 5.41) is 6.04. The molecule has 6 nitrogen and oxygen atoms in total. The number of rotatable bonds is 5. The summed E-state index contributed by atoms with van der Waals surface area (Å²) >= 11 is 0. The van der Waals surface area contributed by atoms with Crippen LogP contribution in [0.25, 0.3) is 10.9 Å². The lowest BCUT2D eigenvalue weighted by Gasteiger charge is -2.07. The first kappa shape index (κ1) is 17.5. The maximum atomic E-state index is 13.5. The van der Waals surface area contributed by atoms with E-state index in [0.29, 0.717) is 12.2 Å².